The van der Waals surface area contributed by atoms with Crippen LogP contribution in [0.4, 0.5) is 5.69 Å². The molecule has 2 heterocycles. The number of aromatic nitrogens is 2. The molecule has 1 aliphatic heterocycles. The van der Waals surface area contributed by atoms with E-state index in [2.05, 4.69) is 42.1 Å². The van der Waals surface area contributed by atoms with Crippen LogP contribution in [0.15, 0.2) is 23.5 Å². The molecular formula is C17H23N3S2. The van der Waals surface area contributed by atoms with Gasteiger partial charge in [-0.1, -0.05) is 31.7 Å². The third kappa shape index (κ3) is 2.93. The van der Waals surface area contributed by atoms with E-state index in [1.54, 1.807) is 11.8 Å². The topological polar surface area (TPSA) is 29.0 Å². The van der Waals surface area contributed by atoms with Crippen LogP contribution >= 0.6 is 23.5 Å². The first-order chi connectivity index (χ1) is 10.6. The highest BCUT2D eigenvalue weighted by molar-refractivity contribution is 7.98. The number of fused-ring (bicyclic) bond motifs is 1. The molecule has 0 bridgehead atoms. The molecule has 1 aromatic carbocycles. The maximum Gasteiger partial charge on any atom is 0.187 e. The van der Waals surface area contributed by atoms with Crippen molar-refractivity contribution < 1.29 is 0 Å². The minimum Gasteiger partial charge on any atom is -0.370 e. The fourth-order valence-corrected chi connectivity index (χ4v) is 4.08. The second-order valence-electron chi connectivity index (χ2n) is 6.17. The standard InChI is InChI=1S/C17H23N3S2/c1-11(2)13-5-6-15(20-8-12(9-20)10-21-3)14-7-18-17(22-4)19-16(13)14/h5-7,11-12H,8-10H2,1-4H3. The first kappa shape index (κ1) is 15.9. The van der Waals surface area contributed by atoms with Crippen LogP contribution < -0.4 is 4.90 Å². The van der Waals surface area contributed by atoms with Crippen LogP contribution in [0.1, 0.15) is 25.3 Å². The summed E-state index contributed by atoms with van der Waals surface area (Å²) in [4.78, 5) is 11.8. The summed E-state index contributed by atoms with van der Waals surface area (Å²) in [5.41, 5.74) is 3.74. The molecule has 118 valence electrons. The monoisotopic (exact) mass is 333 g/mol. The van der Waals surface area contributed by atoms with Crippen LogP contribution in [-0.2, 0) is 0 Å². The molecular weight excluding hydrogens is 310 g/mol. The molecule has 0 atom stereocenters. The van der Waals surface area contributed by atoms with E-state index in [1.165, 1.54) is 22.4 Å². The van der Waals surface area contributed by atoms with Gasteiger partial charge in [-0.15, -0.1) is 0 Å². The van der Waals surface area contributed by atoms with Crippen molar-refractivity contribution in [3.8, 4) is 0 Å². The molecule has 0 unspecified atom stereocenters. The molecule has 0 aliphatic carbocycles. The lowest BCUT2D eigenvalue weighted by Crippen LogP contribution is -2.48. The Bertz CT molecular complexity index is 666. The minimum atomic E-state index is 0.474. The predicted molar refractivity (Wildman–Crippen MR) is 99.5 cm³/mol. The van der Waals surface area contributed by atoms with Gasteiger partial charge in [0.2, 0.25) is 0 Å². The molecule has 1 aliphatic rings. The number of thioether (sulfide) groups is 2. The van der Waals surface area contributed by atoms with E-state index in [-0.39, 0.29) is 0 Å². The Hall–Kier alpha value is -0.940. The maximum atomic E-state index is 4.79. The van der Waals surface area contributed by atoms with Crippen molar-refractivity contribution in [2.45, 2.75) is 24.9 Å². The SMILES string of the molecule is CSCC1CN(c2ccc(C(C)C)c3nc(SC)ncc23)C1. The van der Waals surface area contributed by atoms with Crippen molar-refractivity contribution >= 4 is 40.1 Å². The minimum absolute atomic E-state index is 0.474. The van der Waals surface area contributed by atoms with Crippen LogP contribution in [0.2, 0.25) is 0 Å². The van der Waals surface area contributed by atoms with Gasteiger partial charge in [-0.2, -0.15) is 11.8 Å². The molecule has 3 nitrogen and oxygen atoms in total. The van der Waals surface area contributed by atoms with E-state index in [4.69, 9.17) is 4.98 Å². The Morgan fingerprint density at radius 3 is 2.68 bits per heavy atom. The van der Waals surface area contributed by atoms with Crippen LogP contribution in [0.25, 0.3) is 10.9 Å². The fraction of sp³-hybridized carbons (Fsp3) is 0.529. The molecule has 1 fully saturated rings. The summed E-state index contributed by atoms with van der Waals surface area (Å²) >= 11 is 3.55. The van der Waals surface area contributed by atoms with Gasteiger partial charge in [-0.3, -0.25) is 0 Å². The molecule has 0 radical (unpaired) electrons. The molecule has 3 rings (SSSR count). The Morgan fingerprint density at radius 2 is 2.05 bits per heavy atom. The lowest BCUT2D eigenvalue weighted by Gasteiger charge is -2.41. The number of rotatable bonds is 5. The summed E-state index contributed by atoms with van der Waals surface area (Å²) in [6, 6.07) is 4.51. The van der Waals surface area contributed by atoms with Crippen molar-refractivity contribution in [2.75, 3.05) is 36.3 Å². The van der Waals surface area contributed by atoms with E-state index >= 15 is 0 Å². The highest BCUT2D eigenvalue weighted by Gasteiger charge is 2.28. The zero-order valence-electron chi connectivity index (χ0n) is 13.7. The Morgan fingerprint density at radius 1 is 1.27 bits per heavy atom. The summed E-state index contributed by atoms with van der Waals surface area (Å²) in [6.07, 6.45) is 6.23. The number of anilines is 1. The van der Waals surface area contributed by atoms with Crippen LogP contribution in [0.5, 0.6) is 0 Å². The Kier molecular flexibility index (Phi) is 4.83. The number of nitrogens with zero attached hydrogens (tertiary/aromatic N) is 3. The molecule has 0 amide bonds. The smallest absolute Gasteiger partial charge is 0.187 e. The highest BCUT2D eigenvalue weighted by atomic mass is 32.2. The number of hydrogen-bond acceptors (Lipinski definition) is 5. The first-order valence-corrected chi connectivity index (χ1v) is 10.3. The molecule has 1 aromatic heterocycles. The summed E-state index contributed by atoms with van der Waals surface area (Å²) < 4.78 is 0. The first-order valence-electron chi connectivity index (χ1n) is 7.71. The van der Waals surface area contributed by atoms with Crippen molar-refractivity contribution in [3.63, 3.8) is 0 Å². The average Bonchev–Trinajstić information content (AvgIpc) is 2.48. The lowest BCUT2D eigenvalue weighted by molar-refractivity contribution is 0.456. The van der Waals surface area contributed by atoms with Crippen molar-refractivity contribution in [1.29, 1.82) is 0 Å². The lowest BCUT2D eigenvalue weighted by atomic mass is 9.96. The van der Waals surface area contributed by atoms with Gasteiger partial charge >= 0.3 is 0 Å². The largest absolute Gasteiger partial charge is 0.370 e. The maximum absolute atomic E-state index is 4.79. The average molecular weight is 334 g/mol. The summed E-state index contributed by atoms with van der Waals surface area (Å²) in [5, 5.41) is 2.06. The molecule has 0 spiro atoms. The van der Waals surface area contributed by atoms with Crippen molar-refractivity contribution in [1.82, 2.24) is 9.97 Å². The summed E-state index contributed by atoms with van der Waals surface area (Å²) in [6.45, 7) is 6.77. The van der Waals surface area contributed by atoms with Gasteiger partial charge < -0.3 is 4.90 Å². The quantitative estimate of drug-likeness (QED) is 0.602. The molecule has 1 saturated heterocycles. The van der Waals surface area contributed by atoms with E-state index in [0.717, 1.165) is 29.7 Å². The van der Waals surface area contributed by atoms with Crippen LogP contribution in [0, 0.1) is 5.92 Å². The van der Waals surface area contributed by atoms with E-state index in [1.807, 2.05) is 24.2 Å². The third-order valence-electron chi connectivity index (χ3n) is 4.24. The fourth-order valence-electron chi connectivity index (χ4n) is 3.06. The van der Waals surface area contributed by atoms with Gasteiger partial charge in [0.05, 0.1) is 5.52 Å². The zero-order chi connectivity index (χ0) is 15.7. The number of benzene rings is 1. The summed E-state index contributed by atoms with van der Waals surface area (Å²) in [5.74, 6) is 2.55. The molecule has 2 aromatic rings. The van der Waals surface area contributed by atoms with Gasteiger partial charge in [0.25, 0.3) is 0 Å². The van der Waals surface area contributed by atoms with E-state index in [9.17, 15) is 0 Å². The summed E-state index contributed by atoms with van der Waals surface area (Å²) in [7, 11) is 0. The Labute approximate surface area is 141 Å². The van der Waals surface area contributed by atoms with Crippen molar-refractivity contribution in [3.05, 3.63) is 23.9 Å². The van der Waals surface area contributed by atoms with Gasteiger partial charge in [0.1, 0.15) is 0 Å². The third-order valence-corrected chi connectivity index (χ3v) is 5.61. The van der Waals surface area contributed by atoms with Gasteiger partial charge in [0, 0.05) is 36.3 Å². The highest BCUT2D eigenvalue weighted by Crippen LogP contribution is 2.35. The zero-order valence-corrected chi connectivity index (χ0v) is 15.3. The van der Waals surface area contributed by atoms with Crippen LogP contribution in [-0.4, -0.2) is 41.3 Å². The molecule has 0 N–H and O–H groups in total. The van der Waals surface area contributed by atoms with Crippen molar-refractivity contribution in [2.24, 2.45) is 5.92 Å². The van der Waals surface area contributed by atoms with Crippen LogP contribution in [0.3, 0.4) is 0 Å². The Balaban J connectivity index is 2.00. The second kappa shape index (κ2) is 6.67. The van der Waals surface area contributed by atoms with Gasteiger partial charge in [-0.25, -0.2) is 9.97 Å². The second-order valence-corrected chi connectivity index (χ2v) is 7.86. The van der Waals surface area contributed by atoms with E-state index < -0.39 is 0 Å². The molecule has 5 heteroatoms. The predicted octanol–water partition coefficient (Wildman–Crippen LogP) is 4.27. The molecule has 0 saturated carbocycles. The normalized spacial score (nSPS) is 15.6. The molecule has 22 heavy (non-hydrogen) atoms. The van der Waals surface area contributed by atoms with E-state index in [0.29, 0.717) is 5.92 Å². The number of hydrogen-bond donors (Lipinski definition) is 0. The van der Waals surface area contributed by atoms with Gasteiger partial charge in [0.15, 0.2) is 5.16 Å². The van der Waals surface area contributed by atoms with Gasteiger partial charge in [-0.05, 0) is 35.8 Å².